The third kappa shape index (κ3) is 3.39. The van der Waals surface area contributed by atoms with Gasteiger partial charge in [0.25, 0.3) is 0 Å². The average Bonchev–Trinajstić information content (AvgIpc) is 2.49. The van der Waals surface area contributed by atoms with Gasteiger partial charge in [0.2, 0.25) is 6.04 Å². The molecule has 1 unspecified atom stereocenters. The monoisotopic (exact) mass is 297 g/mol. The van der Waals surface area contributed by atoms with E-state index in [1.807, 2.05) is 36.4 Å². The van der Waals surface area contributed by atoms with Crippen LogP contribution in [0.4, 0.5) is 0 Å². The van der Waals surface area contributed by atoms with E-state index < -0.39 is 17.9 Å². The van der Waals surface area contributed by atoms with Crippen LogP contribution in [0.5, 0.6) is 0 Å². The van der Waals surface area contributed by atoms with Gasteiger partial charge in [0, 0.05) is 16.4 Å². The second-order valence-electron chi connectivity index (χ2n) is 5.50. The fraction of sp³-hybridized carbons (Fsp3) is 0.278. The highest BCUT2D eigenvalue weighted by Crippen LogP contribution is 2.36. The number of hydrogen-bond donors (Lipinski definition) is 0. The third-order valence-corrected chi connectivity index (χ3v) is 3.99. The maximum absolute atomic E-state index is 12.1. The van der Waals surface area contributed by atoms with Crippen LogP contribution < -0.4 is 0 Å². The van der Waals surface area contributed by atoms with Gasteiger partial charge in [-0.2, -0.15) is 0 Å². The number of hydrogen-bond acceptors (Lipinski definition) is 3. The SMILES string of the molecule is CC(=O)[C@@H](c1ccccc1)[C@H](C)C(c1ccccc1)[N+](=O)[O-]. The summed E-state index contributed by atoms with van der Waals surface area (Å²) in [7, 11) is 0. The predicted octanol–water partition coefficient (Wildman–Crippen LogP) is 4.01. The Labute approximate surface area is 129 Å². The van der Waals surface area contributed by atoms with Crippen molar-refractivity contribution in [2.75, 3.05) is 0 Å². The molecule has 2 rings (SSSR count). The van der Waals surface area contributed by atoms with E-state index >= 15 is 0 Å². The van der Waals surface area contributed by atoms with E-state index in [1.54, 1.807) is 31.2 Å². The number of nitrogens with zero attached hydrogens (tertiary/aromatic N) is 1. The van der Waals surface area contributed by atoms with Crippen molar-refractivity contribution in [1.82, 2.24) is 0 Å². The summed E-state index contributed by atoms with van der Waals surface area (Å²) in [5, 5.41) is 11.6. The Morgan fingerprint density at radius 1 is 0.955 bits per heavy atom. The Balaban J connectivity index is 2.42. The molecule has 2 aromatic rings. The first-order valence-corrected chi connectivity index (χ1v) is 7.26. The van der Waals surface area contributed by atoms with Gasteiger partial charge in [-0.15, -0.1) is 0 Å². The molecule has 22 heavy (non-hydrogen) atoms. The van der Waals surface area contributed by atoms with Gasteiger partial charge in [0.15, 0.2) is 0 Å². The Morgan fingerprint density at radius 2 is 1.41 bits per heavy atom. The fourth-order valence-corrected chi connectivity index (χ4v) is 3.02. The topological polar surface area (TPSA) is 60.2 Å². The summed E-state index contributed by atoms with van der Waals surface area (Å²) in [4.78, 5) is 23.4. The van der Waals surface area contributed by atoms with E-state index in [-0.39, 0.29) is 10.7 Å². The van der Waals surface area contributed by atoms with Crippen molar-refractivity contribution < 1.29 is 9.72 Å². The number of Topliss-reactive ketones (excluding diaryl/α,β-unsaturated/α-hetero) is 1. The van der Waals surface area contributed by atoms with Gasteiger partial charge in [-0.25, -0.2) is 0 Å². The van der Waals surface area contributed by atoms with E-state index in [0.717, 1.165) is 5.56 Å². The zero-order valence-electron chi connectivity index (χ0n) is 12.7. The summed E-state index contributed by atoms with van der Waals surface area (Å²) in [5.41, 5.74) is 1.45. The minimum atomic E-state index is -0.907. The molecule has 0 saturated carbocycles. The van der Waals surface area contributed by atoms with Crippen molar-refractivity contribution in [3.63, 3.8) is 0 Å². The van der Waals surface area contributed by atoms with Gasteiger partial charge in [-0.3, -0.25) is 14.9 Å². The summed E-state index contributed by atoms with van der Waals surface area (Å²) in [6, 6.07) is 17.2. The standard InChI is InChI=1S/C18H19NO3/c1-13(17(14(2)20)15-9-5-3-6-10-15)18(19(21)22)16-11-7-4-8-12-16/h3-13,17-18H,1-2H3/t13-,17-,18?/m0/s1. The minimum absolute atomic E-state index is 0.0542. The molecular formula is C18H19NO3. The lowest BCUT2D eigenvalue weighted by atomic mass is 9.78. The maximum Gasteiger partial charge on any atom is 0.241 e. The second-order valence-corrected chi connectivity index (χ2v) is 5.50. The van der Waals surface area contributed by atoms with Crippen molar-refractivity contribution in [3.05, 3.63) is 81.9 Å². The van der Waals surface area contributed by atoms with Gasteiger partial charge in [0.1, 0.15) is 5.78 Å². The molecule has 0 aliphatic carbocycles. The summed E-state index contributed by atoms with van der Waals surface area (Å²) in [6.07, 6.45) is 0. The Hall–Kier alpha value is -2.49. The lowest BCUT2D eigenvalue weighted by molar-refractivity contribution is -0.538. The van der Waals surface area contributed by atoms with Crippen molar-refractivity contribution in [2.45, 2.75) is 25.8 Å². The highest BCUT2D eigenvalue weighted by Gasteiger charge is 2.38. The first kappa shape index (κ1) is 15.9. The van der Waals surface area contributed by atoms with Crippen LogP contribution in [0.25, 0.3) is 0 Å². The summed E-state index contributed by atoms with van der Waals surface area (Å²) < 4.78 is 0. The molecular weight excluding hydrogens is 278 g/mol. The number of ketones is 1. The Kier molecular flexibility index (Phi) is 5.04. The second kappa shape index (κ2) is 6.98. The van der Waals surface area contributed by atoms with E-state index in [4.69, 9.17) is 0 Å². The molecule has 0 aliphatic heterocycles. The molecule has 0 aromatic heterocycles. The lowest BCUT2D eigenvalue weighted by Gasteiger charge is -2.25. The summed E-state index contributed by atoms with van der Waals surface area (Å²) in [6.45, 7) is 3.27. The highest BCUT2D eigenvalue weighted by atomic mass is 16.6. The average molecular weight is 297 g/mol. The van der Waals surface area contributed by atoms with Crippen LogP contribution in [0.3, 0.4) is 0 Å². The molecule has 4 heteroatoms. The normalized spacial score (nSPS) is 14.8. The molecule has 3 atom stereocenters. The highest BCUT2D eigenvalue weighted by molar-refractivity contribution is 5.83. The molecule has 0 aliphatic rings. The molecule has 0 bridgehead atoms. The largest absolute Gasteiger partial charge is 0.299 e. The molecule has 2 aromatic carbocycles. The first-order valence-electron chi connectivity index (χ1n) is 7.26. The van der Waals surface area contributed by atoms with Gasteiger partial charge < -0.3 is 0 Å². The van der Waals surface area contributed by atoms with Crippen molar-refractivity contribution in [3.8, 4) is 0 Å². The van der Waals surface area contributed by atoms with E-state index in [0.29, 0.717) is 5.56 Å². The third-order valence-electron chi connectivity index (χ3n) is 3.99. The smallest absolute Gasteiger partial charge is 0.241 e. The molecule has 0 fully saturated rings. The van der Waals surface area contributed by atoms with Crippen LogP contribution >= 0.6 is 0 Å². The van der Waals surface area contributed by atoms with Crippen LogP contribution in [-0.2, 0) is 4.79 Å². The van der Waals surface area contributed by atoms with Gasteiger partial charge in [-0.05, 0) is 12.5 Å². The molecule has 0 radical (unpaired) electrons. The van der Waals surface area contributed by atoms with Gasteiger partial charge in [-0.1, -0.05) is 67.6 Å². The molecule has 114 valence electrons. The van der Waals surface area contributed by atoms with E-state index in [9.17, 15) is 14.9 Å². The number of carbonyl (C=O) groups excluding carboxylic acids is 1. The van der Waals surface area contributed by atoms with Crippen LogP contribution in [0.1, 0.15) is 36.9 Å². The zero-order chi connectivity index (χ0) is 16.1. The Morgan fingerprint density at radius 3 is 1.82 bits per heavy atom. The zero-order valence-corrected chi connectivity index (χ0v) is 12.7. The molecule has 4 nitrogen and oxygen atoms in total. The van der Waals surface area contributed by atoms with Crippen LogP contribution in [0, 0.1) is 16.0 Å². The van der Waals surface area contributed by atoms with Crippen LogP contribution in [0.2, 0.25) is 0 Å². The lowest BCUT2D eigenvalue weighted by Crippen LogP contribution is -2.28. The van der Waals surface area contributed by atoms with Gasteiger partial charge >= 0.3 is 0 Å². The number of nitro groups is 1. The fourth-order valence-electron chi connectivity index (χ4n) is 3.02. The molecule has 0 N–H and O–H groups in total. The minimum Gasteiger partial charge on any atom is -0.299 e. The van der Waals surface area contributed by atoms with E-state index in [2.05, 4.69) is 0 Å². The molecule has 0 amide bonds. The van der Waals surface area contributed by atoms with Crippen LogP contribution in [0.15, 0.2) is 60.7 Å². The summed E-state index contributed by atoms with van der Waals surface area (Å²) in [5.74, 6) is -0.976. The van der Waals surface area contributed by atoms with Crippen molar-refractivity contribution in [1.29, 1.82) is 0 Å². The van der Waals surface area contributed by atoms with Crippen LogP contribution in [-0.4, -0.2) is 10.7 Å². The summed E-state index contributed by atoms with van der Waals surface area (Å²) >= 11 is 0. The molecule has 0 spiro atoms. The van der Waals surface area contributed by atoms with Gasteiger partial charge in [0.05, 0.1) is 5.92 Å². The quantitative estimate of drug-likeness (QED) is 0.598. The predicted molar refractivity (Wildman–Crippen MR) is 85.2 cm³/mol. The Bertz CT molecular complexity index is 582. The number of rotatable bonds is 6. The first-order chi connectivity index (χ1) is 10.5. The number of benzene rings is 2. The van der Waals surface area contributed by atoms with Crippen molar-refractivity contribution in [2.24, 2.45) is 5.92 Å². The molecule has 0 saturated heterocycles. The maximum atomic E-state index is 12.1. The molecule has 0 heterocycles. The number of carbonyl (C=O) groups is 1. The van der Waals surface area contributed by atoms with E-state index in [1.165, 1.54) is 6.92 Å². The van der Waals surface area contributed by atoms with Crippen molar-refractivity contribution >= 4 is 5.78 Å².